The molecule has 0 heterocycles. The lowest BCUT2D eigenvalue weighted by Gasteiger charge is -2.24. The number of ether oxygens (including phenoxy) is 1. The van der Waals surface area contributed by atoms with E-state index < -0.39 is 11.7 Å². The molecule has 1 rings (SSSR count). The molecule has 0 fully saturated rings. The molecule has 0 aliphatic carbocycles. The predicted molar refractivity (Wildman–Crippen MR) is 79.3 cm³/mol. The quantitative estimate of drug-likeness (QED) is 0.806. The van der Waals surface area contributed by atoms with E-state index in [0.29, 0.717) is 12.3 Å². The van der Waals surface area contributed by atoms with Gasteiger partial charge in [-0.15, -0.1) is 0 Å². The standard InChI is InChI=1S/C16H25NO3/c1-13(2)9-10-16(3,19)12-17-15(18)20-11-14-7-5-4-6-8-14/h4-8,13,19H,9-12H2,1-3H3,(H,17,18). The van der Waals surface area contributed by atoms with E-state index in [1.165, 1.54) is 0 Å². The van der Waals surface area contributed by atoms with Crippen LogP contribution in [0.4, 0.5) is 4.79 Å². The Morgan fingerprint density at radius 1 is 1.35 bits per heavy atom. The molecule has 1 unspecified atom stereocenters. The Morgan fingerprint density at radius 3 is 2.60 bits per heavy atom. The smallest absolute Gasteiger partial charge is 0.407 e. The molecule has 2 N–H and O–H groups in total. The average Bonchev–Trinajstić information content (AvgIpc) is 2.42. The second kappa shape index (κ2) is 7.90. The highest BCUT2D eigenvalue weighted by Gasteiger charge is 2.21. The van der Waals surface area contributed by atoms with Gasteiger partial charge < -0.3 is 15.2 Å². The molecule has 0 aliphatic heterocycles. The van der Waals surface area contributed by atoms with E-state index in [4.69, 9.17) is 4.74 Å². The summed E-state index contributed by atoms with van der Waals surface area (Å²) in [6, 6.07) is 9.49. The van der Waals surface area contributed by atoms with Gasteiger partial charge >= 0.3 is 6.09 Å². The van der Waals surface area contributed by atoms with Gasteiger partial charge in [-0.3, -0.25) is 0 Å². The largest absolute Gasteiger partial charge is 0.445 e. The first kappa shape index (κ1) is 16.5. The van der Waals surface area contributed by atoms with Crippen LogP contribution < -0.4 is 5.32 Å². The van der Waals surface area contributed by atoms with Crippen LogP contribution in [0.5, 0.6) is 0 Å². The van der Waals surface area contributed by atoms with E-state index in [9.17, 15) is 9.90 Å². The van der Waals surface area contributed by atoms with Crippen molar-refractivity contribution in [3.8, 4) is 0 Å². The van der Waals surface area contributed by atoms with E-state index in [-0.39, 0.29) is 13.2 Å². The van der Waals surface area contributed by atoms with Crippen molar-refractivity contribution in [2.24, 2.45) is 5.92 Å². The van der Waals surface area contributed by atoms with Crippen LogP contribution in [0.25, 0.3) is 0 Å². The zero-order valence-corrected chi connectivity index (χ0v) is 12.6. The summed E-state index contributed by atoms with van der Waals surface area (Å²) in [5.74, 6) is 0.534. The van der Waals surface area contributed by atoms with Crippen LogP contribution in [-0.4, -0.2) is 23.3 Å². The molecule has 1 atom stereocenters. The predicted octanol–water partition coefficient (Wildman–Crippen LogP) is 3.10. The Kier molecular flexibility index (Phi) is 6.52. The van der Waals surface area contributed by atoms with Gasteiger partial charge in [0.25, 0.3) is 0 Å². The van der Waals surface area contributed by atoms with E-state index in [2.05, 4.69) is 19.2 Å². The van der Waals surface area contributed by atoms with E-state index >= 15 is 0 Å². The van der Waals surface area contributed by atoms with Gasteiger partial charge in [-0.2, -0.15) is 0 Å². The van der Waals surface area contributed by atoms with Crippen molar-refractivity contribution in [2.45, 2.75) is 45.8 Å². The number of benzene rings is 1. The van der Waals surface area contributed by atoms with Crippen LogP contribution in [0, 0.1) is 5.92 Å². The fourth-order valence-corrected chi connectivity index (χ4v) is 1.72. The molecule has 0 saturated heterocycles. The maximum Gasteiger partial charge on any atom is 0.407 e. The van der Waals surface area contributed by atoms with Gasteiger partial charge in [0.1, 0.15) is 6.61 Å². The highest BCUT2D eigenvalue weighted by molar-refractivity contribution is 5.67. The highest BCUT2D eigenvalue weighted by atomic mass is 16.5. The maximum atomic E-state index is 11.6. The molecule has 0 saturated carbocycles. The molecule has 4 heteroatoms. The number of rotatable bonds is 7. The lowest BCUT2D eigenvalue weighted by molar-refractivity contribution is 0.0425. The zero-order chi connectivity index (χ0) is 15.0. The number of carbonyl (C=O) groups excluding carboxylic acids is 1. The lowest BCUT2D eigenvalue weighted by atomic mass is 9.95. The fourth-order valence-electron chi connectivity index (χ4n) is 1.72. The summed E-state index contributed by atoms with van der Waals surface area (Å²) >= 11 is 0. The first-order valence-electron chi connectivity index (χ1n) is 7.06. The van der Waals surface area contributed by atoms with Crippen molar-refractivity contribution in [1.29, 1.82) is 0 Å². The van der Waals surface area contributed by atoms with Crippen molar-refractivity contribution in [3.05, 3.63) is 35.9 Å². The third-order valence-electron chi connectivity index (χ3n) is 3.09. The van der Waals surface area contributed by atoms with E-state index in [1.54, 1.807) is 6.92 Å². The molecule has 112 valence electrons. The summed E-state index contributed by atoms with van der Waals surface area (Å²) in [5, 5.41) is 12.7. The molecule has 0 bridgehead atoms. The van der Waals surface area contributed by atoms with Gasteiger partial charge in [0.15, 0.2) is 0 Å². The van der Waals surface area contributed by atoms with Crippen molar-refractivity contribution in [2.75, 3.05) is 6.54 Å². The van der Waals surface area contributed by atoms with Gasteiger partial charge in [-0.05, 0) is 31.2 Å². The van der Waals surface area contributed by atoms with Crippen LogP contribution in [0.15, 0.2) is 30.3 Å². The van der Waals surface area contributed by atoms with Gasteiger partial charge in [0, 0.05) is 6.54 Å². The van der Waals surface area contributed by atoms with Crippen molar-refractivity contribution < 1.29 is 14.6 Å². The third kappa shape index (κ3) is 7.14. The second-order valence-electron chi connectivity index (χ2n) is 5.84. The van der Waals surface area contributed by atoms with E-state index in [1.807, 2.05) is 30.3 Å². The topological polar surface area (TPSA) is 58.6 Å². The van der Waals surface area contributed by atoms with Crippen LogP contribution in [0.1, 0.15) is 39.2 Å². The molecule has 0 radical (unpaired) electrons. The Balaban J connectivity index is 2.25. The summed E-state index contributed by atoms with van der Waals surface area (Å²) < 4.78 is 5.09. The first-order chi connectivity index (χ1) is 9.39. The normalized spacial score (nSPS) is 13.8. The maximum absolute atomic E-state index is 11.6. The number of nitrogens with one attached hydrogen (secondary N) is 1. The summed E-state index contributed by atoms with van der Waals surface area (Å²) in [4.78, 5) is 11.6. The monoisotopic (exact) mass is 279 g/mol. The third-order valence-corrected chi connectivity index (χ3v) is 3.09. The van der Waals surface area contributed by atoms with Gasteiger partial charge in [-0.25, -0.2) is 4.79 Å². The average molecular weight is 279 g/mol. The molecule has 0 aliphatic rings. The molecule has 1 amide bonds. The fraction of sp³-hybridized carbons (Fsp3) is 0.562. The minimum absolute atomic E-state index is 0.202. The molecule has 20 heavy (non-hydrogen) atoms. The van der Waals surface area contributed by atoms with Crippen molar-refractivity contribution >= 4 is 6.09 Å². The highest BCUT2D eigenvalue weighted by Crippen LogP contribution is 2.15. The SMILES string of the molecule is CC(C)CCC(C)(O)CNC(=O)OCc1ccccc1. The number of carbonyl (C=O) groups is 1. The molecule has 4 nitrogen and oxygen atoms in total. The Bertz CT molecular complexity index is 401. The molecule has 1 aromatic rings. The second-order valence-corrected chi connectivity index (χ2v) is 5.84. The minimum Gasteiger partial charge on any atom is -0.445 e. The number of amides is 1. The Hall–Kier alpha value is -1.55. The minimum atomic E-state index is -0.893. The van der Waals surface area contributed by atoms with E-state index in [0.717, 1.165) is 12.0 Å². The summed E-state index contributed by atoms with van der Waals surface area (Å²) in [6.07, 6.45) is 1.08. The summed E-state index contributed by atoms with van der Waals surface area (Å²) in [5.41, 5.74) is 0.0463. The molecule has 0 spiro atoms. The van der Waals surface area contributed by atoms with Gasteiger partial charge in [0.2, 0.25) is 0 Å². The number of hydrogen-bond donors (Lipinski definition) is 2. The number of hydrogen-bond acceptors (Lipinski definition) is 3. The van der Waals surface area contributed by atoms with Crippen molar-refractivity contribution in [3.63, 3.8) is 0 Å². The lowest BCUT2D eigenvalue weighted by Crippen LogP contribution is -2.41. The molecule has 1 aromatic carbocycles. The Labute approximate surface area is 121 Å². The van der Waals surface area contributed by atoms with Gasteiger partial charge in [-0.1, -0.05) is 44.2 Å². The first-order valence-corrected chi connectivity index (χ1v) is 7.06. The summed E-state index contributed by atoms with van der Waals surface area (Å²) in [7, 11) is 0. The van der Waals surface area contributed by atoms with Gasteiger partial charge in [0.05, 0.1) is 5.60 Å². The zero-order valence-electron chi connectivity index (χ0n) is 12.6. The number of alkyl carbamates (subject to hydrolysis) is 1. The van der Waals surface area contributed by atoms with Crippen molar-refractivity contribution in [1.82, 2.24) is 5.32 Å². The van der Waals surface area contributed by atoms with Crippen LogP contribution in [0.2, 0.25) is 0 Å². The molecular weight excluding hydrogens is 254 g/mol. The number of aliphatic hydroxyl groups is 1. The van der Waals surface area contributed by atoms with Crippen LogP contribution in [-0.2, 0) is 11.3 Å². The Morgan fingerprint density at radius 2 is 2.00 bits per heavy atom. The summed E-state index contributed by atoms with van der Waals surface area (Å²) in [6.45, 7) is 6.39. The van der Waals surface area contributed by atoms with Crippen LogP contribution >= 0.6 is 0 Å². The van der Waals surface area contributed by atoms with Crippen LogP contribution in [0.3, 0.4) is 0 Å². The molecular formula is C16H25NO3. The molecule has 0 aromatic heterocycles.